The van der Waals surface area contributed by atoms with Crippen LogP contribution in [0.2, 0.25) is 0 Å². The van der Waals surface area contributed by atoms with E-state index in [0.717, 1.165) is 0 Å². The summed E-state index contributed by atoms with van der Waals surface area (Å²) in [6.07, 6.45) is -0.126. The molecule has 78 valence electrons. The molecule has 0 unspecified atom stereocenters. The van der Waals surface area contributed by atoms with Gasteiger partial charge >= 0.3 is 0 Å². The van der Waals surface area contributed by atoms with E-state index in [4.69, 9.17) is 10.5 Å². The van der Waals surface area contributed by atoms with Gasteiger partial charge in [0.15, 0.2) is 5.79 Å². The maximum Gasteiger partial charge on any atom is 0.160 e. The monoisotopic (exact) mass is 189 g/mol. The van der Waals surface area contributed by atoms with Crippen molar-refractivity contribution in [2.24, 2.45) is 11.7 Å². The highest BCUT2D eigenvalue weighted by Crippen LogP contribution is 2.29. The molecule has 4 atom stereocenters. The normalized spacial score (nSPS) is 41.1. The first-order valence-electron chi connectivity index (χ1n) is 4.65. The molecule has 0 radical (unpaired) electrons. The third kappa shape index (κ3) is 2.64. The van der Waals surface area contributed by atoms with Gasteiger partial charge < -0.3 is 20.7 Å². The molecule has 0 amide bonds. The van der Waals surface area contributed by atoms with Gasteiger partial charge in [-0.05, 0) is 20.3 Å². The quantitative estimate of drug-likeness (QED) is 0.527. The zero-order valence-electron chi connectivity index (χ0n) is 8.40. The fourth-order valence-electron chi connectivity index (χ4n) is 1.76. The predicted octanol–water partition coefficient (Wildman–Crippen LogP) is -0.172. The first-order chi connectivity index (χ1) is 5.81. The summed E-state index contributed by atoms with van der Waals surface area (Å²) in [5.74, 6) is -1.19. The van der Waals surface area contributed by atoms with Crippen LogP contribution in [0.25, 0.3) is 0 Å². The molecule has 1 aliphatic rings. The zero-order chi connectivity index (χ0) is 10.2. The fraction of sp³-hybridized carbons (Fsp3) is 1.00. The van der Waals surface area contributed by atoms with E-state index >= 15 is 0 Å². The number of aliphatic hydroxyl groups is 2. The van der Waals surface area contributed by atoms with Crippen molar-refractivity contribution >= 4 is 0 Å². The maximum atomic E-state index is 9.49. The van der Waals surface area contributed by atoms with Crippen LogP contribution in [-0.2, 0) is 4.74 Å². The van der Waals surface area contributed by atoms with Gasteiger partial charge in [-0.2, -0.15) is 0 Å². The average molecular weight is 189 g/mol. The molecule has 0 aromatic rings. The van der Waals surface area contributed by atoms with Crippen LogP contribution in [0.1, 0.15) is 27.2 Å². The minimum absolute atomic E-state index is 0.0126. The standard InChI is InChI=1S/C9H19NO3/c1-5-7(11)4-6(10)8(5)13-9(2,3)12/h5-8,11-12H,4,10H2,1-3H3/t5-,6-,7+,8-/m1/s1. The van der Waals surface area contributed by atoms with Gasteiger partial charge in [-0.15, -0.1) is 0 Å². The molecule has 1 rings (SSSR count). The second-order valence-electron chi connectivity index (χ2n) is 4.36. The van der Waals surface area contributed by atoms with Crippen LogP contribution >= 0.6 is 0 Å². The predicted molar refractivity (Wildman–Crippen MR) is 48.9 cm³/mol. The molecule has 4 heteroatoms. The van der Waals surface area contributed by atoms with Crippen molar-refractivity contribution in [1.29, 1.82) is 0 Å². The maximum absolute atomic E-state index is 9.49. The highest BCUT2D eigenvalue weighted by Gasteiger charge is 2.40. The van der Waals surface area contributed by atoms with Crippen LogP contribution in [-0.4, -0.2) is 34.2 Å². The Morgan fingerprint density at radius 1 is 1.46 bits per heavy atom. The van der Waals surface area contributed by atoms with Gasteiger partial charge in [0.05, 0.1) is 12.2 Å². The van der Waals surface area contributed by atoms with Crippen LogP contribution in [0.15, 0.2) is 0 Å². The Morgan fingerprint density at radius 2 is 2.00 bits per heavy atom. The van der Waals surface area contributed by atoms with Crippen LogP contribution in [0.4, 0.5) is 0 Å². The molecule has 1 aliphatic carbocycles. The molecule has 0 aromatic heterocycles. The Balaban J connectivity index is 2.59. The lowest BCUT2D eigenvalue weighted by atomic mass is 10.1. The summed E-state index contributed by atoms with van der Waals surface area (Å²) >= 11 is 0. The Bertz CT molecular complexity index is 178. The lowest BCUT2D eigenvalue weighted by molar-refractivity contribution is -0.216. The van der Waals surface area contributed by atoms with E-state index in [2.05, 4.69) is 0 Å². The van der Waals surface area contributed by atoms with E-state index in [-0.39, 0.29) is 18.1 Å². The van der Waals surface area contributed by atoms with Crippen LogP contribution in [0.5, 0.6) is 0 Å². The minimum atomic E-state index is -1.18. The number of nitrogens with two attached hydrogens (primary N) is 1. The van der Waals surface area contributed by atoms with Gasteiger partial charge in [-0.1, -0.05) is 6.92 Å². The third-order valence-electron chi connectivity index (χ3n) is 2.49. The van der Waals surface area contributed by atoms with E-state index in [9.17, 15) is 10.2 Å². The van der Waals surface area contributed by atoms with Gasteiger partial charge in [0.1, 0.15) is 0 Å². The molecule has 0 bridgehead atoms. The van der Waals surface area contributed by atoms with Gasteiger partial charge in [0.25, 0.3) is 0 Å². The molecular formula is C9H19NO3. The molecular weight excluding hydrogens is 170 g/mol. The molecule has 0 heterocycles. The Morgan fingerprint density at radius 3 is 2.31 bits per heavy atom. The molecule has 0 spiro atoms. The summed E-state index contributed by atoms with van der Waals surface area (Å²) < 4.78 is 5.36. The summed E-state index contributed by atoms with van der Waals surface area (Å²) in [7, 11) is 0. The topological polar surface area (TPSA) is 75.7 Å². The lowest BCUT2D eigenvalue weighted by Crippen LogP contribution is -2.41. The number of hydrogen-bond donors (Lipinski definition) is 3. The largest absolute Gasteiger partial charge is 0.393 e. The average Bonchev–Trinajstić information content (AvgIpc) is 2.14. The Hall–Kier alpha value is -0.160. The van der Waals surface area contributed by atoms with Crippen molar-refractivity contribution in [2.75, 3.05) is 0 Å². The SMILES string of the molecule is C[C@H]1[C@@H](OC(C)(C)O)[C@H](N)C[C@@H]1O. The minimum Gasteiger partial charge on any atom is -0.393 e. The molecule has 13 heavy (non-hydrogen) atoms. The molecule has 0 aromatic carbocycles. The van der Waals surface area contributed by atoms with E-state index in [1.54, 1.807) is 13.8 Å². The van der Waals surface area contributed by atoms with Gasteiger partial charge in [-0.25, -0.2) is 0 Å². The van der Waals surface area contributed by atoms with Crippen molar-refractivity contribution in [2.45, 2.75) is 51.2 Å². The molecule has 1 saturated carbocycles. The summed E-state index contributed by atoms with van der Waals surface area (Å²) in [5, 5.41) is 18.9. The van der Waals surface area contributed by atoms with E-state index in [1.165, 1.54) is 0 Å². The van der Waals surface area contributed by atoms with Crippen LogP contribution in [0, 0.1) is 5.92 Å². The van der Waals surface area contributed by atoms with Gasteiger partial charge in [0.2, 0.25) is 0 Å². The fourth-order valence-corrected chi connectivity index (χ4v) is 1.76. The first kappa shape index (κ1) is 10.9. The molecule has 4 N–H and O–H groups in total. The lowest BCUT2D eigenvalue weighted by Gasteiger charge is -2.28. The Labute approximate surface area is 78.7 Å². The summed E-state index contributed by atoms with van der Waals surface area (Å²) in [6, 6.07) is -0.184. The van der Waals surface area contributed by atoms with Crippen molar-refractivity contribution < 1.29 is 14.9 Å². The second kappa shape index (κ2) is 3.53. The van der Waals surface area contributed by atoms with Crippen LogP contribution < -0.4 is 5.73 Å². The third-order valence-corrected chi connectivity index (χ3v) is 2.49. The van der Waals surface area contributed by atoms with E-state index in [1.807, 2.05) is 6.92 Å². The highest BCUT2D eigenvalue weighted by molar-refractivity contribution is 4.93. The van der Waals surface area contributed by atoms with E-state index in [0.29, 0.717) is 6.42 Å². The summed E-state index contributed by atoms with van der Waals surface area (Å²) in [5.41, 5.74) is 5.77. The molecule has 0 saturated heterocycles. The molecule has 4 nitrogen and oxygen atoms in total. The Kier molecular flexibility index (Phi) is 2.97. The van der Waals surface area contributed by atoms with Crippen molar-refractivity contribution in [3.05, 3.63) is 0 Å². The molecule has 1 fully saturated rings. The molecule has 0 aliphatic heterocycles. The highest BCUT2D eigenvalue weighted by atomic mass is 16.6. The van der Waals surface area contributed by atoms with Gasteiger partial charge in [0, 0.05) is 12.0 Å². The van der Waals surface area contributed by atoms with Crippen molar-refractivity contribution in [3.63, 3.8) is 0 Å². The number of aliphatic hydroxyl groups excluding tert-OH is 1. The van der Waals surface area contributed by atoms with Crippen molar-refractivity contribution in [3.8, 4) is 0 Å². The second-order valence-corrected chi connectivity index (χ2v) is 4.36. The first-order valence-corrected chi connectivity index (χ1v) is 4.65. The number of rotatable bonds is 2. The number of hydrogen-bond acceptors (Lipinski definition) is 4. The zero-order valence-corrected chi connectivity index (χ0v) is 8.40. The smallest absolute Gasteiger partial charge is 0.160 e. The number of ether oxygens (including phenoxy) is 1. The van der Waals surface area contributed by atoms with Crippen LogP contribution in [0.3, 0.4) is 0 Å². The summed E-state index contributed by atoms with van der Waals surface area (Å²) in [6.45, 7) is 5.02. The van der Waals surface area contributed by atoms with Gasteiger partial charge in [-0.3, -0.25) is 0 Å². The summed E-state index contributed by atoms with van der Waals surface area (Å²) in [4.78, 5) is 0. The van der Waals surface area contributed by atoms with E-state index < -0.39 is 11.9 Å². The van der Waals surface area contributed by atoms with Crippen molar-refractivity contribution in [1.82, 2.24) is 0 Å².